The monoisotopic (exact) mass is 425 g/mol. The first kappa shape index (κ1) is 20.2. The average Bonchev–Trinajstić information content (AvgIpc) is 3.31. The summed E-state index contributed by atoms with van der Waals surface area (Å²) in [5.74, 6) is 1.33. The minimum Gasteiger partial charge on any atom is -0.495 e. The molecule has 0 bridgehead atoms. The Labute approximate surface area is 175 Å². The van der Waals surface area contributed by atoms with Crippen molar-refractivity contribution in [3.8, 4) is 5.75 Å². The van der Waals surface area contributed by atoms with Gasteiger partial charge in [0.1, 0.15) is 10.6 Å². The van der Waals surface area contributed by atoms with E-state index in [9.17, 15) is 8.42 Å². The number of hydrogen-bond acceptors (Lipinski definition) is 6. The van der Waals surface area contributed by atoms with Crippen LogP contribution >= 0.6 is 0 Å². The number of para-hydroxylation sites is 1. The number of rotatable bonds is 6. The summed E-state index contributed by atoms with van der Waals surface area (Å²) in [5, 5.41) is 5.28. The first-order valence-electron chi connectivity index (χ1n) is 9.51. The molecule has 0 aliphatic carbocycles. The highest BCUT2D eigenvalue weighted by atomic mass is 32.2. The molecule has 0 fully saturated rings. The maximum absolute atomic E-state index is 11.9. The molecule has 0 spiro atoms. The van der Waals surface area contributed by atoms with Gasteiger partial charge in [0.25, 0.3) is 0 Å². The Hall–Kier alpha value is -3.13. The summed E-state index contributed by atoms with van der Waals surface area (Å²) in [4.78, 5) is 4.74. The van der Waals surface area contributed by atoms with Gasteiger partial charge in [-0.2, -0.15) is 4.98 Å². The fraction of sp³-hybridized carbons (Fsp3) is 0.273. The van der Waals surface area contributed by atoms with Crippen LogP contribution < -0.4 is 4.74 Å². The number of nitrogens with zero attached hydrogens (tertiary/aromatic N) is 3. The number of fused-ring (bicyclic) bond motifs is 1. The number of ether oxygens (including phenoxy) is 1. The lowest BCUT2D eigenvalue weighted by Crippen LogP contribution is -2.02. The van der Waals surface area contributed by atoms with Crippen LogP contribution in [0.4, 0.5) is 0 Å². The summed E-state index contributed by atoms with van der Waals surface area (Å²) in [6.07, 6.45) is 3.66. The molecule has 4 aromatic rings. The number of hydrogen-bond donors (Lipinski definition) is 0. The molecule has 0 aliphatic heterocycles. The minimum absolute atomic E-state index is 0.0560. The Morgan fingerprint density at radius 2 is 1.97 bits per heavy atom. The van der Waals surface area contributed by atoms with Crippen LogP contribution in [0.1, 0.15) is 35.7 Å². The minimum atomic E-state index is -3.37. The molecule has 4 rings (SSSR count). The first-order chi connectivity index (χ1) is 14.3. The van der Waals surface area contributed by atoms with Crippen molar-refractivity contribution in [3.63, 3.8) is 0 Å². The van der Waals surface area contributed by atoms with E-state index >= 15 is 0 Å². The van der Waals surface area contributed by atoms with Gasteiger partial charge in [0.2, 0.25) is 5.89 Å². The van der Waals surface area contributed by atoms with Crippen LogP contribution in [0.15, 0.2) is 58.1 Å². The van der Waals surface area contributed by atoms with Crippen molar-refractivity contribution >= 4 is 20.7 Å². The van der Waals surface area contributed by atoms with Crippen molar-refractivity contribution in [2.45, 2.75) is 24.2 Å². The number of aryl methyl sites for hydroxylation is 1. The van der Waals surface area contributed by atoms with Gasteiger partial charge in [-0.3, -0.25) is 0 Å². The maximum atomic E-state index is 11.9. The van der Waals surface area contributed by atoms with Gasteiger partial charge in [0.15, 0.2) is 15.7 Å². The Morgan fingerprint density at radius 3 is 2.70 bits per heavy atom. The molecule has 0 amide bonds. The van der Waals surface area contributed by atoms with Gasteiger partial charge >= 0.3 is 0 Å². The predicted octanol–water partition coefficient (Wildman–Crippen LogP) is 3.72. The molecular weight excluding hydrogens is 402 g/mol. The molecule has 7 nitrogen and oxygen atoms in total. The molecule has 156 valence electrons. The van der Waals surface area contributed by atoms with Gasteiger partial charge in [-0.25, -0.2) is 8.42 Å². The second kappa shape index (κ2) is 7.60. The largest absolute Gasteiger partial charge is 0.495 e. The van der Waals surface area contributed by atoms with E-state index in [1.165, 1.54) is 7.11 Å². The van der Waals surface area contributed by atoms with Gasteiger partial charge in [0.05, 0.1) is 13.0 Å². The van der Waals surface area contributed by atoms with Crippen molar-refractivity contribution in [1.82, 2.24) is 14.7 Å². The highest BCUT2D eigenvalue weighted by Crippen LogP contribution is 2.31. The van der Waals surface area contributed by atoms with E-state index in [0.29, 0.717) is 23.9 Å². The number of benzene rings is 2. The summed E-state index contributed by atoms with van der Waals surface area (Å²) in [6, 6.07) is 13.2. The van der Waals surface area contributed by atoms with Gasteiger partial charge in [-0.05, 0) is 36.2 Å². The SMILES string of the molecule is COc1cc(Cc2noc(C(C)c3cn(C)c4ccccc34)n2)ccc1S(C)(=O)=O. The molecule has 2 aromatic carbocycles. The molecule has 0 aliphatic rings. The fourth-order valence-electron chi connectivity index (χ4n) is 3.68. The number of sulfone groups is 1. The first-order valence-corrected chi connectivity index (χ1v) is 11.4. The Balaban J connectivity index is 1.60. The Kier molecular flexibility index (Phi) is 5.11. The molecule has 1 atom stereocenters. The molecule has 0 radical (unpaired) electrons. The standard InChI is InChI=1S/C22H23N3O4S/c1-14(17-13-25(2)18-8-6-5-7-16(17)18)22-23-21(24-29-22)12-15-9-10-20(30(4,26)27)19(11-15)28-3/h5-11,13-14H,12H2,1-4H3. The van der Waals surface area contributed by atoms with Crippen molar-refractivity contribution in [2.75, 3.05) is 13.4 Å². The van der Waals surface area contributed by atoms with Gasteiger partial charge in [0, 0.05) is 36.8 Å². The average molecular weight is 426 g/mol. The molecule has 30 heavy (non-hydrogen) atoms. The molecule has 2 aromatic heterocycles. The van der Waals surface area contributed by atoms with Crippen LogP contribution in [0, 0.1) is 0 Å². The summed E-state index contributed by atoms with van der Waals surface area (Å²) >= 11 is 0. The third-order valence-corrected chi connectivity index (χ3v) is 6.37. The molecule has 1 unspecified atom stereocenters. The van der Waals surface area contributed by atoms with E-state index in [4.69, 9.17) is 9.26 Å². The zero-order valence-corrected chi connectivity index (χ0v) is 18.1. The van der Waals surface area contributed by atoms with Gasteiger partial charge < -0.3 is 13.8 Å². The lowest BCUT2D eigenvalue weighted by atomic mass is 10.0. The zero-order valence-electron chi connectivity index (χ0n) is 17.3. The van der Waals surface area contributed by atoms with E-state index in [-0.39, 0.29) is 10.8 Å². The fourth-order valence-corrected chi connectivity index (χ4v) is 4.50. The van der Waals surface area contributed by atoms with Crippen LogP contribution in [-0.4, -0.2) is 36.5 Å². The van der Waals surface area contributed by atoms with Crippen LogP contribution in [-0.2, 0) is 23.3 Å². The number of aromatic nitrogens is 3. The Morgan fingerprint density at radius 1 is 1.20 bits per heavy atom. The van der Waals surface area contributed by atoms with E-state index in [1.807, 2.05) is 26.1 Å². The quantitative estimate of drug-likeness (QED) is 0.468. The topological polar surface area (TPSA) is 87.2 Å². The van der Waals surface area contributed by atoms with Crippen molar-refractivity contribution in [3.05, 3.63) is 71.5 Å². The lowest BCUT2D eigenvalue weighted by Gasteiger charge is -2.08. The molecular formula is C22H23N3O4S. The van der Waals surface area contributed by atoms with Gasteiger partial charge in [-0.15, -0.1) is 0 Å². The van der Waals surface area contributed by atoms with Crippen molar-refractivity contribution in [2.24, 2.45) is 7.05 Å². The lowest BCUT2D eigenvalue weighted by molar-refractivity contribution is 0.366. The summed E-state index contributed by atoms with van der Waals surface area (Å²) in [6.45, 7) is 2.04. The van der Waals surface area contributed by atoms with Crippen molar-refractivity contribution in [1.29, 1.82) is 0 Å². The highest BCUT2D eigenvalue weighted by Gasteiger charge is 2.21. The van der Waals surface area contributed by atoms with Crippen molar-refractivity contribution < 1.29 is 17.7 Å². The normalized spacial score (nSPS) is 12.9. The third-order valence-electron chi connectivity index (χ3n) is 5.24. The van der Waals surface area contributed by atoms with Crippen LogP contribution in [0.3, 0.4) is 0 Å². The highest BCUT2D eigenvalue weighted by molar-refractivity contribution is 7.90. The van der Waals surface area contributed by atoms with E-state index in [1.54, 1.807) is 18.2 Å². The second-order valence-electron chi connectivity index (χ2n) is 7.42. The molecule has 8 heteroatoms. The molecule has 2 heterocycles. The summed E-state index contributed by atoms with van der Waals surface area (Å²) < 4.78 is 36.6. The zero-order chi connectivity index (χ0) is 21.5. The maximum Gasteiger partial charge on any atom is 0.233 e. The third kappa shape index (κ3) is 3.70. The van der Waals surface area contributed by atoms with E-state index < -0.39 is 9.84 Å². The predicted molar refractivity (Wildman–Crippen MR) is 114 cm³/mol. The van der Waals surface area contributed by atoms with E-state index in [0.717, 1.165) is 28.3 Å². The summed E-state index contributed by atoms with van der Waals surface area (Å²) in [7, 11) is 0.104. The number of methoxy groups -OCH3 is 1. The Bertz CT molecular complexity index is 1320. The van der Waals surface area contributed by atoms with Gasteiger partial charge in [-0.1, -0.05) is 29.4 Å². The van der Waals surface area contributed by atoms with Crippen LogP contribution in [0.25, 0.3) is 10.9 Å². The second-order valence-corrected chi connectivity index (χ2v) is 9.40. The smallest absolute Gasteiger partial charge is 0.233 e. The molecule has 0 saturated carbocycles. The van der Waals surface area contributed by atoms with Crippen LogP contribution in [0.5, 0.6) is 5.75 Å². The molecule has 0 N–H and O–H groups in total. The molecule has 0 saturated heterocycles. The van der Waals surface area contributed by atoms with E-state index in [2.05, 4.69) is 33.0 Å². The van der Waals surface area contributed by atoms with Crippen LogP contribution in [0.2, 0.25) is 0 Å². The summed E-state index contributed by atoms with van der Waals surface area (Å²) in [5.41, 5.74) is 3.11.